The molecule has 3 aromatic rings. The molecule has 5 rings (SSSR count). The van der Waals surface area contributed by atoms with Crippen LogP contribution in [0.1, 0.15) is 54.6 Å². The minimum atomic E-state index is -0.923. The van der Waals surface area contributed by atoms with Crippen molar-refractivity contribution in [2.24, 2.45) is 0 Å². The van der Waals surface area contributed by atoms with E-state index < -0.39 is 11.6 Å². The number of amides is 1. The minimum Gasteiger partial charge on any atom is -0.378 e. The van der Waals surface area contributed by atoms with Crippen LogP contribution in [0.25, 0.3) is 11.0 Å². The third-order valence-corrected chi connectivity index (χ3v) is 7.21. The van der Waals surface area contributed by atoms with Gasteiger partial charge in [0.1, 0.15) is 5.82 Å². The second-order valence-electron chi connectivity index (χ2n) is 9.61. The molecule has 0 radical (unpaired) electrons. The predicted octanol–water partition coefficient (Wildman–Crippen LogP) is 4.93. The molecule has 7 nitrogen and oxygen atoms in total. The first-order valence-corrected chi connectivity index (χ1v) is 12.5. The lowest BCUT2D eigenvalue weighted by Gasteiger charge is -2.28. The summed E-state index contributed by atoms with van der Waals surface area (Å²) in [7, 11) is 1.86. The molecule has 1 amide bonds. The molecule has 1 aliphatic carbocycles. The fourth-order valence-corrected chi connectivity index (χ4v) is 5.11. The molecule has 36 heavy (non-hydrogen) atoms. The Labute approximate surface area is 209 Å². The second-order valence-corrected chi connectivity index (χ2v) is 9.61. The Bertz CT molecular complexity index is 1260. The molecule has 0 spiro atoms. The van der Waals surface area contributed by atoms with Crippen LogP contribution in [0.5, 0.6) is 0 Å². The Morgan fingerprint density at radius 3 is 2.61 bits per heavy atom. The smallest absolute Gasteiger partial charge is 0.253 e. The molecule has 1 N–H and O–H groups in total. The summed E-state index contributed by atoms with van der Waals surface area (Å²) in [4.78, 5) is 27.0. The number of fused-ring (bicyclic) bond motifs is 1. The van der Waals surface area contributed by atoms with E-state index in [0.717, 1.165) is 62.3 Å². The van der Waals surface area contributed by atoms with E-state index in [4.69, 9.17) is 9.72 Å². The summed E-state index contributed by atoms with van der Waals surface area (Å²) in [5.41, 5.74) is 3.03. The van der Waals surface area contributed by atoms with Crippen molar-refractivity contribution < 1.29 is 18.3 Å². The van der Waals surface area contributed by atoms with Crippen molar-refractivity contribution in [2.75, 3.05) is 43.6 Å². The number of nitrogens with one attached hydrogen (secondary N) is 1. The van der Waals surface area contributed by atoms with E-state index >= 15 is 0 Å². The average Bonchev–Trinajstić information content (AvgIpc) is 3.44. The van der Waals surface area contributed by atoms with E-state index in [0.29, 0.717) is 35.5 Å². The number of carbonyl (C=O) groups excluding carboxylic acids is 1. The summed E-state index contributed by atoms with van der Waals surface area (Å²) in [6.45, 7) is 4.61. The zero-order chi connectivity index (χ0) is 25.2. The van der Waals surface area contributed by atoms with Crippen LogP contribution in [0.15, 0.2) is 36.5 Å². The molecule has 190 valence electrons. The van der Waals surface area contributed by atoms with Crippen molar-refractivity contribution >= 4 is 28.4 Å². The number of ether oxygens (including phenoxy) is 1. The minimum absolute atomic E-state index is 0.0517. The van der Waals surface area contributed by atoms with E-state index in [2.05, 4.69) is 15.2 Å². The number of hydrogen-bond acceptors (Lipinski definition) is 6. The summed E-state index contributed by atoms with van der Waals surface area (Å²) >= 11 is 0. The lowest BCUT2D eigenvalue weighted by Crippen LogP contribution is -2.37. The van der Waals surface area contributed by atoms with E-state index in [9.17, 15) is 13.6 Å². The summed E-state index contributed by atoms with van der Waals surface area (Å²) in [5.74, 6) is -1.13. The van der Waals surface area contributed by atoms with Gasteiger partial charge >= 0.3 is 0 Å². The van der Waals surface area contributed by atoms with Gasteiger partial charge in [0.25, 0.3) is 5.91 Å². The SMILES string of the molecule is CC(Nc1ccc(F)c(F)c1)c1cc(C(=O)N(C)C2CCCC2)cc2ncc(N3CCOCC3)nc12. The molecule has 2 heterocycles. The van der Waals surface area contributed by atoms with Crippen molar-refractivity contribution in [3.05, 3.63) is 59.3 Å². The Morgan fingerprint density at radius 1 is 1.14 bits per heavy atom. The third-order valence-electron chi connectivity index (χ3n) is 7.21. The number of nitrogens with zero attached hydrogens (tertiary/aromatic N) is 4. The summed E-state index contributed by atoms with van der Waals surface area (Å²) in [6, 6.07) is 7.25. The number of rotatable bonds is 6. The fourth-order valence-electron chi connectivity index (χ4n) is 5.11. The number of benzene rings is 2. The maximum atomic E-state index is 13.8. The van der Waals surface area contributed by atoms with Gasteiger partial charge in [-0.15, -0.1) is 0 Å². The summed E-state index contributed by atoms with van der Waals surface area (Å²) < 4.78 is 32.8. The van der Waals surface area contributed by atoms with E-state index in [1.165, 1.54) is 6.07 Å². The van der Waals surface area contributed by atoms with Crippen molar-refractivity contribution in [1.82, 2.24) is 14.9 Å². The number of halogens is 2. The highest BCUT2D eigenvalue weighted by Crippen LogP contribution is 2.30. The number of hydrogen-bond donors (Lipinski definition) is 1. The van der Waals surface area contributed by atoms with Crippen LogP contribution in [-0.2, 0) is 4.74 Å². The molecular formula is C27H31F2N5O2. The van der Waals surface area contributed by atoms with Gasteiger partial charge in [-0.25, -0.2) is 13.8 Å². The van der Waals surface area contributed by atoms with Crippen LogP contribution >= 0.6 is 0 Å². The van der Waals surface area contributed by atoms with Crippen LogP contribution in [0.2, 0.25) is 0 Å². The molecule has 1 saturated heterocycles. The maximum absolute atomic E-state index is 13.8. The maximum Gasteiger partial charge on any atom is 0.253 e. The average molecular weight is 496 g/mol. The van der Waals surface area contributed by atoms with Gasteiger partial charge in [-0.3, -0.25) is 9.78 Å². The lowest BCUT2D eigenvalue weighted by atomic mass is 10.0. The first kappa shape index (κ1) is 24.4. The van der Waals surface area contributed by atoms with Gasteiger partial charge < -0.3 is 19.9 Å². The van der Waals surface area contributed by atoms with Crippen molar-refractivity contribution in [1.29, 1.82) is 0 Å². The molecule has 1 saturated carbocycles. The largest absolute Gasteiger partial charge is 0.378 e. The van der Waals surface area contributed by atoms with Gasteiger partial charge in [-0.2, -0.15) is 0 Å². The Hall–Kier alpha value is -3.33. The van der Waals surface area contributed by atoms with Gasteiger partial charge in [0, 0.05) is 49.1 Å². The van der Waals surface area contributed by atoms with E-state index in [-0.39, 0.29) is 18.0 Å². The second kappa shape index (κ2) is 10.3. The van der Waals surface area contributed by atoms with Gasteiger partial charge in [0.2, 0.25) is 0 Å². The molecular weight excluding hydrogens is 464 g/mol. The highest BCUT2D eigenvalue weighted by molar-refractivity contribution is 5.98. The Kier molecular flexibility index (Phi) is 7.00. The van der Waals surface area contributed by atoms with Gasteiger partial charge in [0.15, 0.2) is 11.6 Å². The number of morpholine rings is 1. The van der Waals surface area contributed by atoms with E-state index in [1.54, 1.807) is 12.3 Å². The van der Waals surface area contributed by atoms with Crippen molar-refractivity contribution in [2.45, 2.75) is 44.7 Å². The van der Waals surface area contributed by atoms with E-state index in [1.807, 2.05) is 24.9 Å². The molecule has 0 bridgehead atoms. The Morgan fingerprint density at radius 2 is 1.89 bits per heavy atom. The molecule has 1 aliphatic heterocycles. The standard InChI is InChI=1S/C27H31F2N5O2/c1-17(31-19-7-8-22(28)23(29)15-19)21-13-18(27(35)33(2)20-5-3-4-6-20)14-24-26(21)32-25(16-30-24)34-9-11-36-12-10-34/h7-8,13-17,20,31H,3-6,9-12H2,1-2H3. The van der Waals surface area contributed by atoms with Crippen LogP contribution in [0.3, 0.4) is 0 Å². The molecule has 1 aromatic heterocycles. The molecule has 2 aromatic carbocycles. The molecule has 9 heteroatoms. The van der Waals surface area contributed by atoms with Crippen LogP contribution in [0.4, 0.5) is 20.3 Å². The monoisotopic (exact) mass is 495 g/mol. The summed E-state index contributed by atoms with van der Waals surface area (Å²) in [5, 5.41) is 3.23. The number of aromatic nitrogens is 2. The van der Waals surface area contributed by atoms with Gasteiger partial charge in [0.05, 0.1) is 36.5 Å². The highest BCUT2D eigenvalue weighted by atomic mass is 19.2. The summed E-state index contributed by atoms with van der Waals surface area (Å²) in [6.07, 6.45) is 6.03. The van der Waals surface area contributed by atoms with Crippen LogP contribution in [-0.4, -0.2) is 60.2 Å². The van der Waals surface area contributed by atoms with Crippen LogP contribution in [0, 0.1) is 11.6 Å². The van der Waals surface area contributed by atoms with Crippen molar-refractivity contribution in [3.8, 4) is 0 Å². The number of carbonyl (C=O) groups is 1. The lowest BCUT2D eigenvalue weighted by molar-refractivity contribution is 0.0735. The third kappa shape index (κ3) is 4.97. The topological polar surface area (TPSA) is 70.6 Å². The first-order valence-electron chi connectivity index (χ1n) is 12.5. The zero-order valence-corrected chi connectivity index (χ0v) is 20.6. The molecule has 1 unspecified atom stereocenters. The highest BCUT2D eigenvalue weighted by Gasteiger charge is 2.26. The normalized spacial score (nSPS) is 17.4. The number of anilines is 2. The fraction of sp³-hybridized carbons (Fsp3) is 0.444. The first-order chi connectivity index (χ1) is 17.4. The zero-order valence-electron chi connectivity index (χ0n) is 20.6. The van der Waals surface area contributed by atoms with Crippen molar-refractivity contribution in [3.63, 3.8) is 0 Å². The van der Waals surface area contributed by atoms with Crippen LogP contribution < -0.4 is 10.2 Å². The van der Waals surface area contributed by atoms with Gasteiger partial charge in [-0.1, -0.05) is 12.8 Å². The predicted molar refractivity (Wildman–Crippen MR) is 135 cm³/mol. The van der Waals surface area contributed by atoms with Gasteiger partial charge in [-0.05, 0) is 44.0 Å². The molecule has 1 atom stereocenters. The Balaban J connectivity index is 1.54. The molecule has 2 aliphatic rings. The quantitative estimate of drug-likeness (QED) is 0.523. The molecule has 2 fully saturated rings.